The lowest BCUT2D eigenvalue weighted by atomic mass is 10.0. The summed E-state index contributed by atoms with van der Waals surface area (Å²) in [6.45, 7) is 4.29. The fourth-order valence-corrected chi connectivity index (χ4v) is 4.39. The Balaban J connectivity index is 1.48. The number of hydrazone groups is 1. The van der Waals surface area contributed by atoms with E-state index in [9.17, 15) is 9.59 Å². The van der Waals surface area contributed by atoms with Gasteiger partial charge in [-0.2, -0.15) is 5.10 Å². The van der Waals surface area contributed by atoms with E-state index >= 15 is 0 Å². The third-order valence-electron chi connectivity index (χ3n) is 5.88. The Morgan fingerprint density at radius 3 is 2.41 bits per heavy atom. The largest absolute Gasteiger partial charge is 0.342 e. The molecule has 190 valence electrons. The van der Waals surface area contributed by atoms with E-state index in [1.54, 1.807) is 36.5 Å². The van der Waals surface area contributed by atoms with Crippen LogP contribution in [0.15, 0.2) is 78.0 Å². The fraction of sp³-hybridized carbons (Fsp3) is 0.179. The number of hydrogen-bond acceptors (Lipinski definition) is 3. The molecule has 0 radical (unpaired) electrons. The maximum atomic E-state index is 12.9. The number of aromatic nitrogens is 1. The number of para-hydroxylation sites is 1. The van der Waals surface area contributed by atoms with Gasteiger partial charge >= 0.3 is 0 Å². The van der Waals surface area contributed by atoms with Crippen molar-refractivity contribution in [3.8, 4) is 0 Å². The number of carbonyl (C=O) groups is 2. The van der Waals surface area contributed by atoms with Gasteiger partial charge in [0.1, 0.15) is 6.04 Å². The van der Waals surface area contributed by atoms with Gasteiger partial charge in [-0.3, -0.25) is 9.59 Å². The number of halogens is 3. The lowest BCUT2D eigenvalue weighted by molar-refractivity contribution is -0.123. The number of nitrogens with zero attached hydrogens (tertiary/aromatic N) is 2. The molecule has 1 atom stereocenters. The van der Waals surface area contributed by atoms with E-state index in [4.69, 9.17) is 34.8 Å². The molecule has 37 heavy (non-hydrogen) atoms. The molecule has 1 heterocycles. The molecule has 6 nitrogen and oxygen atoms in total. The van der Waals surface area contributed by atoms with Crippen LogP contribution < -0.4 is 10.7 Å². The Kier molecular flexibility index (Phi) is 8.54. The highest BCUT2D eigenvalue weighted by molar-refractivity contribution is 6.42. The van der Waals surface area contributed by atoms with Crippen molar-refractivity contribution in [1.29, 1.82) is 0 Å². The van der Waals surface area contributed by atoms with Gasteiger partial charge in [0.25, 0.3) is 11.8 Å². The average Bonchev–Trinajstić information content (AvgIpc) is 3.22. The van der Waals surface area contributed by atoms with Crippen molar-refractivity contribution < 1.29 is 9.59 Å². The molecule has 2 amide bonds. The van der Waals surface area contributed by atoms with Crippen LogP contribution in [0.5, 0.6) is 0 Å². The zero-order chi connectivity index (χ0) is 26.5. The molecule has 0 saturated heterocycles. The Labute approximate surface area is 230 Å². The number of carbonyl (C=O) groups excluding carboxylic acids is 2. The predicted molar refractivity (Wildman–Crippen MR) is 151 cm³/mol. The standard InChI is InChI=1S/C28H25Cl3N4O2/c1-17(2)26(33-27(36)19-8-10-21(29)11-9-19)28(37)34-32-14-20-16-35(25-6-4-3-5-22(20)25)15-18-7-12-23(30)24(31)13-18/h3-14,16-17,26H,15H2,1-2H3,(H,33,36)(H,34,37). The molecule has 4 rings (SSSR count). The highest BCUT2D eigenvalue weighted by Crippen LogP contribution is 2.25. The van der Waals surface area contributed by atoms with Gasteiger partial charge < -0.3 is 9.88 Å². The van der Waals surface area contributed by atoms with Gasteiger partial charge in [0.05, 0.1) is 16.3 Å². The third kappa shape index (κ3) is 6.52. The van der Waals surface area contributed by atoms with Gasteiger partial charge in [-0.25, -0.2) is 5.43 Å². The summed E-state index contributed by atoms with van der Waals surface area (Å²) in [7, 11) is 0. The zero-order valence-corrected chi connectivity index (χ0v) is 22.5. The van der Waals surface area contributed by atoms with Crippen molar-refractivity contribution >= 4 is 63.7 Å². The molecule has 2 N–H and O–H groups in total. The lowest BCUT2D eigenvalue weighted by Crippen LogP contribution is -2.48. The Hall–Kier alpha value is -3.32. The predicted octanol–water partition coefficient (Wildman–Crippen LogP) is 6.55. The van der Waals surface area contributed by atoms with Crippen molar-refractivity contribution in [2.24, 2.45) is 11.0 Å². The summed E-state index contributed by atoms with van der Waals surface area (Å²) in [6.07, 6.45) is 3.56. The number of rotatable bonds is 8. The zero-order valence-electron chi connectivity index (χ0n) is 20.2. The monoisotopic (exact) mass is 554 g/mol. The molecule has 0 aliphatic heterocycles. The van der Waals surface area contributed by atoms with Crippen molar-refractivity contribution in [2.75, 3.05) is 0 Å². The molecule has 1 unspecified atom stereocenters. The topological polar surface area (TPSA) is 75.5 Å². The normalized spacial score (nSPS) is 12.3. The maximum Gasteiger partial charge on any atom is 0.262 e. The Bertz CT molecular complexity index is 1460. The highest BCUT2D eigenvalue weighted by Gasteiger charge is 2.24. The lowest BCUT2D eigenvalue weighted by Gasteiger charge is -2.20. The van der Waals surface area contributed by atoms with E-state index in [0.717, 1.165) is 22.0 Å². The summed E-state index contributed by atoms with van der Waals surface area (Å²) in [5.74, 6) is -0.924. The minimum atomic E-state index is -0.767. The minimum absolute atomic E-state index is 0.153. The highest BCUT2D eigenvalue weighted by atomic mass is 35.5. The third-order valence-corrected chi connectivity index (χ3v) is 6.87. The van der Waals surface area contributed by atoms with Crippen molar-refractivity contribution in [1.82, 2.24) is 15.3 Å². The Morgan fingerprint density at radius 2 is 1.70 bits per heavy atom. The Morgan fingerprint density at radius 1 is 0.973 bits per heavy atom. The second kappa shape index (κ2) is 11.8. The molecule has 9 heteroatoms. The first-order valence-electron chi connectivity index (χ1n) is 11.6. The van der Waals surface area contributed by atoms with Crippen LogP contribution in [0.4, 0.5) is 0 Å². The van der Waals surface area contributed by atoms with Crippen LogP contribution in [-0.2, 0) is 11.3 Å². The first-order chi connectivity index (χ1) is 17.7. The van der Waals surface area contributed by atoms with Crippen LogP contribution in [0.25, 0.3) is 10.9 Å². The summed E-state index contributed by atoms with van der Waals surface area (Å²) in [4.78, 5) is 25.5. The molecule has 0 bridgehead atoms. The number of amides is 2. The van der Waals surface area contributed by atoms with Crippen LogP contribution in [0.1, 0.15) is 35.3 Å². The van der Waals surface area contributed by atoms with Crippen LogP contribution in [0, 0.1) is 5.92 Å². The fourth-order valence-electron chi connectivity index (χ4n) is 3.94. The summed E-state index contributed by atoms with van der Waals surface area (Å²) < 4.78 is 2.08. The quantitative estimate of drug-likeness (QED) is 0.191. The maximum absolute atomic E-state index is 12.9. The van der Waals surface area contributed by atoms with Crippen molar-refractivity contribution in [3.63, 3.8) is 0 Å². The van der Waals surface area contributed by atoms with Crippen LogP contribution in [-0.4, -0.2) is 28.6 Å². The first-order valence-corrected chi connectivity index (χ1v) is 12.8. The van der Waals surface area contributed by atoms with Gasteiger partial charge in [-0.15, -0.1) is 0 Å². The summed E-state index contributed by atoms with van der Waals surface area (Å²) >= 11 is 18.1. The summed E-state index contributed by atoms with van der Waals surface area (Å²) in [6, 6.07) is 19.2. The molecular formula is C28H25Cl3N4O2. The van der Waals surface area contributed by atoms with E-state index in [1.807, 2.05) is 56.4 Å². The number of nitrogens with one attached hydrogen (secondary N) is 2. The van der Waals surface area contributed by atoms with E-state index in [-0.39, 0.29) is 11.8 Å². The van der Waals surface area contributed by atoms with Gasteiger partial charge in [0.15, 0.2) is 0 Å². The molecule has 1 aromatic heterocycles. The van der Waals surface area contributed by atoms with Gasteiger partial charge in [-0.05, 0) is 53.9 Å². The smallest absolute Gasteiger partial charge is 0.262 e. The second-order valence-corrected chi connectivity index (χ2v) is 10.2. The number of hydrogen-bond donors (Lipinski definition) is 2. The molecule has 0 aliphatic carbocycles. The van der Waals surface area contributed by atoms with Crippen LogP contribution in [0.3, 0.4) is 0 Å². The van der Waals surface area contributed by atoms with Gasteiger partial charge in [-0.1, -0.05) is 72.9 Å². The molecule has 0 saturated carbocycles. The van der Waals surface area contributed by atoms with Crippen LogP contribution in [0.2, 0.25) is 15.1 Å². The minimum Gasteiger partial charge on any atom is -0.342 e. The van der Waals surface area contributed by atoms with Crippen molar-refractivity contribution in [3.05, 3.63) is 105 Å². The summed E-state index contributed by atoms with van der Waals surface area (Å²) in [5.41, 5.74) is 5.84. The summed E-state index contributed by atoms with van der Waals surface area (Å²) in [5, 5.41) is 9.49. The van der Waals surface area contributed by atoms with E-state index < -0.39 is 11.9 Å². The second-order valence-electron chi connectivity index (χ2n) is 8.91. The van der Waals surface area contributed by atoms with E-state index in [0.29, 0.717) is 27.2 Å². The molecule has 0 spiro atoms. The number of fused-ring (bicyclic) bond motifs is 1. The van der Waals surface area contributed by atoms with E-state index in [2.05, 4.69) is 20.4 Å². The van der Waals surface area contributed by atoms with Crippen molar-refractivity contribution in [2.45, 2.75) is 26.4 Å². The molecule has 0 aliphatic rings. The molecule has 4 aromatic rings. The van der Waals surface area contributed by atoms with Crippen LogP contribution >= 0.6 is 34.8 Å². The van der Waals surface area contributed by atoms with E-state index in [1.165, 1.54) is 0 Å². The van der Waals surface area contributed by atoms with Gasteiger partial charge in [0, 0.05) is 39.8 Å². The SMILES string of the molecule is CC(C)C(NC(=O)c1ccc(Cl)cc1)C(=O)NN=Cc1cn(Cc2ccc(Cl)c(Cl)c2)c2ccccc12. The molecule has 0 fully saturated rings. The van der Waals surface area contributed by atoms with Gasteiger partial charge in [0.2, 0.25) is 0 Å². The number of benzene rings is 3. The molecular weight excluding hydrogens is 531 g/mol. The molecule has 3 aromatic carbocycles. The average molecular weight is 556 g/mol. The first kappa shape index (κ1) is 26.7.